The lowest BCUT2D eigenvalue weighted by Crippen LogP contribution is -2.26. The molecule has 0 radical (unpaired) electrons. The van der Waals surface area contributed by atoms with Crippen molar-refractivity contribution in [3.05, 3.63) is 30.1 Å². The van der Waals surface area contributed by atoms with Gasteiger partial charge in [-0.15, -0.1) is 0 Å². The van der Waals surface area contributed by atoms with Gasteiger partial charge in [0.15, 0.2) is 5.82 Å². The van der Waals surface area contributed by atoms with Crippen molar-refractivity contribution in [3.8, 4) is 11.5 Å². The molecule has 3 heterocycles. The molecule has 4 rings (SSSR count). The van der Waals surface area contributed by atoms with Crippen LogP contribution in [0.25, 0.3) is 22.4 Å². The Morgan fingerprint density at radius 2 is 2.05 bits per heavy atom. The number of nitrogens with zero attached hydrogens (tertiary/aromatic N) is 2. The van der Waals surface area contributed by atoms with Crippen LogP contribution in [-0.4, -0.2) is 26.1 Å². The summed E-state index contributed by atoms with van der Waals surface area (Å²) < 4.78 is 0. The Hall–Kier alpha value is -2.63. The number of amides is 1. The van der Waals surface area contributed by atoms with Gasteiger partial charge in [-0.05, 0) is 37.6 Å². The van der Waals surface area contributed by atoms with E-state index in [-0.39, 0.29) is 5.91 Å². The van der Waals surface area contributed by atoms with Gasteiger partial charge in [0, 0.05) is 16.6 Å². The average molecular weight is 267 g/mol. The molecule has 0 unspecified atom stereocenters. The van der Waals surface area contributed by atoms with Crippen LogP contribution in [-0.2, 0) is 10.2 Å². The predicted molar refractivity (Wildman–Crippen MR) is 75.3 cm³/mol. The molecule has 6 nitrogen and oxygen atoms in total. The SMILES string of the molecule is CC1(C)C(=O)Nc2cc3[nH]c(-c4ncn[nH]4)cc3cc21. The normalized spacial score (nSPS) is 16.4. The van der Waals surface area contributed by atoms with E-state index in [4.69, 9.17) is 0 Å². The fourth-order valence-corrected chi connectivity index (χ4v) is 2.66. The molecule has 1 aliphatic rings. The van der Waals surface area contributed by atoms with E-state index in [1.165, 1.54) is 6.33 Å². The summed E-state index contributed by atoms with van der Waals surface area (Å²) in [6.07, 6.45) is 1.48. The van der Waals surface area contributed by atoms with Crippen LogP contribution in [0.4, 0.5) is 5.69 Å². The van der Waals surface area contributed by atoms with Crippen molar-refractivity contribution in [1.82, 2.24) is 20.2 Å². The van der Waals surface area contributed by atoms with Gasteiger partial charge in [0.1, 0.15) is 6.33 Å². The maximum atomic E-state index is 12.0. The summed E-state index contributed by atoms with van der Waals surface area (Å²) in [5, 5.41) is 10.7. The van der Waals surface area contributed by atoms with Crippen molar-refractivity contribution >= 4 is 22.5 Å². The predicted octanol–water partition coefficient (Wildman–Crippen LogP) is 2.18. The largest absolute Gasteiger partial charge is 0.352 e. The van der Waals surface area contributed by atoms with Gasteiger partial charge in [-0.2, -0.15) is 5.10 Å². The first-order chi connectivity index (χ1) is 9.55. The number of rotatable bonds is 1. The van der Waals surface area contributed by atoms with Crippen LogP contribution in [0.3, 0.4) is 0 Å². The quantitative estimate of drug-likeness (QED) is 0.631. The van der Waals surface area contributed by atoms with E-state index in [2.05, 4.69) is 31.5 Å². The Kier molecular flexibility index (Phi) is 1.95. The smallest absolute Gasteiger partial charge is 0.234 e. The van der Waals surface area contributed by atoms with E-state index in [1.807, 2.05) is 26.0 Å². The molecule has 0 spiro atoms. The minimum absolute atomic E-state index is 0.0376. The Morgan fingerprint density at radius 3 is 2.80 bits per heavy atom. The van der Waals surface area contributed by atoms with E-state index >= 15 is 0 Å². The molecule has 0 fully saturated rings. The number of H-pyrrole nitrogens is 2. The van der Waals surface area contributed by atoms with Crippen LogP contribution in [0.15, 0.2) is 24.5 Å². The Bertz CT molecular complexity index is 829. The molecule has 1 aliphatic heterocycles. The van der Waals surface area contributed by atoms with Crippen molar-refractivity contribution in [2.75, 3.05) is 5.32 Å². The lowest BCUT2D eigenvalue weighted by molar-refractivity contribution is -0.119. The van der Waals surface area contributed by atoms with Crippen LogP contribution in [0.1, 0.15) is 19.4 Å². The third-order valence-electron chi connectivity index (χ3n) is 3.92. The van der Waals surface area contributed by atoms with Crippen LogP contribution in [0.5, 0.6) is 0 Å². The highest BCUT2D eigenvalue weighted by Crippen LogP contribution is 2.40. The highest BCUT2D eigenvalue weighted by atomic mass is 16.2. The maximum Gasteiger partial charge on any atom is 0.234 e. The molecule has 3 aromatic rings. The van der Waals surface area contributed by atoms with Gasteiger partial charge in [0.05, 0.1) is 11.1 Å². The molecule has 1 amide bonds. The number of nitrogens with one attached hydrogen (secondary N) is 3. The zero-order valence-corrected chi connectivity index (χ0v) is 11.1. The second kappa shape index (κ2) is 3.47. The third-order valence-corrected chi connectivity index (χ3v) is 3.92. The van der Waals surface area contributed by atoms with Crippen molar-refractivity contribution in [1.29, 1.82) is 0 Å². The van der Waals surface area contributed by atoms with Crippen LogP contribution in [0, 0.1) is 0 Å². The number of hydrogen-bond acceptors (Lipinski definition) is 3. The molecule has 20 heavy (non-hydrogen) atoms. The number of carbonyl (C=O) groups is 1. The first-order valence-electron chi connectivity index (χ1n) is 6.40. The summed E-state index contributed by atoms with van der Waals surface area (Å²) >= 11 is 0. The van der Waals surface area contributed by atoms with Gasteiger partial charge in [-0.3, -0.25) is 9.89 Å². The topological polar surface area (TPSA) is 86.5 Å². The number of carbonyl (C=O) groups excluding carboxylic acids is 1. The van der Waals surface area contributed by atoms with Crippen LogP contribution < -0.4 is 5.32 Å². The monoisotopic (exact) mass is 267 g/mol. The molecule has 0 saturated heterocycles. The van der Waals surface area contributed by atoms with Gasteiger partial charge < -0.3 is 10.3 Å². The van der Waals surface area contributed by atoms with E-state index in [0.29, 0.717) is 5.82 Å². The molecule has 0 bridgehead atoms. The van der Waals surface area contributed by atoms with Gasteiger partial charge in [0.2, 0.25) is 5.91 Å². The zero-order valence-electron chi connectivity index (χ0n) is 11.1. The van der Waals surface area contributed by atoms with Gasteiger partial charge >= 0.3 is 0 Å². The molecule has 0 saturated carbocycles. The minimum Gasteiger partial charge on any atom is -0.352 e. The summed E-state index contributed by atoms with van der Waals surface area (Å²) in [5.74, 6) is 0.736. The lowest BCUT2D eigenvalue weighted by Gasteiger charge is -2.14. The molecule has 6 heteroatoms. The maximum absolute atomic E-state index is 12.0. The molecule has 0 aliphatic carbocycles. The first-order valence-corrected chi connectivity index (χ1v) is 6.40. The summed E-state index contributed by atoms with van der Waals surface area (Å²) in [5.41, 5.74) is 3.25. The number of fused-ring (bicyclic) bond motifs is 2. The second-order valence-corrected chi connectivity index (χ2v) is 5.58. The third kappa shape index (κ3) is 1.36. The van der Waals surface area contributed by atoms with Gasteiger partial charge in [0.25, 0.3) is 0 Å². The molecule has 3 N–H and O–H groups in total. The minimum atomic E-state index is -0.493. The number of anilines is 1. The van der Waals surface area contributed by atoms with E-state index in [1.54, 1.807) is 0 Å². The van der Waals surface area contributed by atoms with Gasteiger partial charge in [-0.1, -0.05) is 0 Å². The summed E-state index contributed by atoms with van der Waals surface area (Å²) in [6, 6.07) is 6.03. The molecule has 2 aromatic heterocycles. The molecule has 0 atom stereocenters. The van der Waals surface area contributed by atoms with Gasteiger partial charge in [-0.25, -0.2) is 4.98 Å². The number of hydrogen-bond donors (Lipinski definition) is 3. The fraction of sp³-hybridized carbons (Fsp3) is 0.214. The Labute approximate surface area is 114 Å². The Balaban J connectivity index is 1.93. The van der Waals surface area contributed by atoms with Crippen molar-refractivity contribution < 1.29 is 4.79 Å². The van der Waals surface area contributed by atoms with Crippen molar-refractivity contribution in [3.63, 3.8) is 0 Å². The average Bonchev–Trinajstić information content (AvgIpc) is 3.08. The number of aromatic nitrogens is 4. The number of benzene rings is 1. The van der Waals surface area contributed by atoms with Crippen molar-refractivity contribution in [2.24, 2.45) is 0 Å². The van der Waals surface area contributed by atoms with E-state index in [9.17, 15) is 4.79 Å². The van der Waals surface area contributed by atoms with E-state index < -0.39 is 5.41 Å². The highest BCUT2D eigenvalue weighted by Gasteiger charge is 2.38. The molecular weight excluding hydrogens is 254 g/mol. The molecule has 100 valence electrons. The van der Waals surface area contributed by atoms with Crippen LogP contribution >= 0.6 is 0 Å². The Morgan fingerprint density at radius 1 is 1.20 bits per heavy atom. The highest BCUT2D eigenvalue weighted by molar-refractivity contribution is 6.08. The molecular formula is C14H13N5O. The first kappa shape index (κ1) is 11.2. The standard InChI is InChI=1S/C14H13N5O/c1-14(2)8-3-7-4-11(12-15-6-16-19-12)17-9(7)5-10(8)18-13(14)20/h3-6,17H,1-2H3,(H,18,20)(H,15,16,19). The lowest BCUT2D eigenvalue weighted by atomic mass is 9.86. The summed E-state index contributed by atoms with van der Waals surface area (Å²) in [4.78, 5) is 19.4. The second-order valence-electron chi connectivity index (χ2n) is 5.58. The van der Waals surface area contributed by atoms with Crippen molar-refractivity contribution in [2.45, 2.75) is 19.3 Å². The summed E-state index contributed by atoms with van der Waals surface area (Å²) in [7, 11) is 0. The summed E-state index contributed by atoms with van der Waals surface area (Å²) in [6.45, 7) is 3.87. The van der Waals surface area contributed by atoms with E-state index in [0.717, 1.165) is 27.8 Å². The molecule has 1 aromatic carbocycles. The van der Waals surface area contributed by atoms with Crippen LogP contribution in [0.2, 0.25) is 0 Å². The number of aromatic amines is 2. The zero-order chi connectivity index (χ0) is 13.9. The fourth-order valence-electron chi connectivity index (χ4n) is 2.66.